The summed E-state index contributed by atoms with van der Waals surface area (Å²) in [4.78, 5) is 3.09. The summed E-state index contributed by atoms with van der Waals surface area (Å²) < 4.78 is 16.2. The van der Waals surface area contributed by atoms with Crippen molar-refractivity contribution in [2.75, 3.05) is 0 Å². The van der Waals surface area contributed by atoms with Gasteiger partial charge in [0.15, 0.2) is 4.77 Å². The zero-order valence-corrected chi connectivity index (χ0v) is 12.3. The number of nitrogens with zero attached hydrogens (tertiary/aromatic N) is 1. The fraction of sp³-hybridized carbons (Fsp3) is 0.462. The summed E-state index contributed by atoms with van der Waals surface area (Å²) in [5.41, 5.74) is 1.39. The summed E-state index contributed by atoms with van der Waals surface area (Å²) in [5.74, 6) is -0.417. The highest BCUT2D eigenvalue weighted by atomic mass is 35.5. The molecule has 1 aromatic carbocycles. The Kier molecular flexibility index (Phi) is 3.52. The van der Waals surface area contributed by atoms with E-state index in [2.05, 4.69) is 25.8 Å². The lowest BCUT2D eigenvalue weighted by atomic mass is 9.98. The van der Waals surface area contributed by atoms with Gasteiger partial charge in [-0.2, -0.15) is 0 Å². The fourth-order valence-corrected chi connectivity index (χ4v) is 3.05. The number of hydrogen-bond donors (Lipinski definition) is 1. The van der Waals surface area contributed by atoms with E-state index in [1.807, 2.05) is 4.57 Å². The number of aromatic amines is 1. The number of rotatable bonds is 3. The van der Waals surface area contributed by atoms with Gasteiger partial charge in [0.05, 0.1) is 16.1 Å². The number of H-pyrrole nitrogens is 1. The molecule has 0 spiro atoms. The van der Waals surface area contributed by atoms with Crippen LogP contribution in [0.3, 0.4) is 0 Å². The van der Waals surface area contributed by atoms with Crippen molar-refractivity contribution in [3.8, 4) is 0 Å². The predicted molar refractivity (Wildman–Crippen MR) is 76.3 cm³/mol. The van der Waals surface area contributed by atoms with Crippen LogP contribution < -0.4 is 0 Å². The Bertz CT molecular complexity index is 642. The van der Waals surface area contributed by atoms with Crippen molar-refractivity contribution < 1.29 is 4.39 Å². The monoisotopic (exact) mass is 286 g/mol. The molecule has 18 heavy (non-hydrogen) atoms. The first-order valence-corrected chi connectivity index (χ1v) is 6.75. The van der Waals surface area contributed by atoms with E-state index >= 15 is 0 Å². The summed E-state index contributed by atoms with van der Waals surface area (Å²) in [7, 11) is 0. The Morgan fingerprint density at radius 2 is 2.11 bits per heavy atom. The van der Waals surface area contributed by atoms with Gasteiger partial charge in [-0.05, 0) is 38.6 Å². The first kappa shape index (κ1) is 13.6. The van der Waals surface area contributed by atoms with Gasteiger partial charge < -0.3 is 9.55 Å². The third-order valence-electron chi connectivity index (χ3n) is 3.19. The third kappa shape index (κ3) is 2.19. The van der Waals surface area contributed by atoms with E-state index in [4.69, 9.17) is 23.8 Å². The summed E-state index contributed by atoms with van der Waals surface area (Å²) in [6, 6.07) is 3.03. The van der Waals surface area contributed by atoms with Crippen LogP contribution in [0, 0.1) is 10.6 Å². The lowest BCUT2D eigenvalue weighted by molar-refractivity contribution is 0.329. The number of fused-ring (bicyclic) bond motifs is 1. The van der Waals surface area contributed by atoms with Gasteiger partial charge in [-0.25, -0.2) is 4.39 Å². The van der Waals surface area contributed by atoms with E-state index in [1.165, 1.54) is 6.07 Å². The normalized spacial score (nSPS) is 12.3. The Morgan fingerprint density at radius 1 is 1.44 bits per heavy atom. The van der Waals surface area contributed by atoms with Crippen LogP contribution in [0.15, 0.2) is 12.1 Å². The molecular weight excluding hydrogens is 271 g/mol. The average molecular weight is 287 g/mol. The van der Waals surface area contributed by atoms with Gasteiger partial charge in [0.2, 0.25) is 0 Å². The minimum Gasteiger partial charge on any atom is -0.331 e. The largest absolute Gasteiger partial charge is 0.331 e. The lowest BCUT2D eigenvalue weighted by Crippen LogP contribution is -2.26. The maximum absolute atomic E-state index is 13.6. The molecule has 1 heterocycles. The Hall–Kier alpha value is -0.870. The fourth-order valence-electron chi connectivity index (χ4n) is 2.43. The lowest BCUT2D eigenvalue weighted by Gasteiger charge is -2.27. The first-order valence-electron chi connectivity index (χ1n) is 5.97. The predicted octanol–water partition coefficient (Wildman–Crippen LogP) is 5.03. The van der Waals surface area contributed by atoms with Crippen LogP contribution in [-0.4, -0.2) is 9.55 Å². The minimum atomic E-state index is -0.417. The van der Waals surface area contributed by atoms with Gasteiger partial charge in [-0.15, -0.1) is 0 Å². The molecule has 0 saturated carbocycles. The molecule has 0 amide bonds. The highest BCUT2D eigenvalue weighted by Crippen LogP contribution is 2.30. The molecule has 0 fully saturated rings. The smallest absolute Gasteiger partial charge is 0.178 e. The first-order chi connectivity index (χ1) is 8.36. The standard InChI is InChI=1S/C13H16ClFN2S/c1-4-5-13(2,3)17-11-7-9(15)8(14)6-10(11)16-12(17)18/h6-7H,4-5H2,1-3H3,(H,16,18). The van der Waals surface area contributed by atoms with Crippen molar-refractivity contribution in [2.24, 2.45) is 0 Å². The van der Waals surface area contributed by atoms with Gasteiger partial charge >= 0.3 is 0 Å². The Morgan fingerprint density at radius 3 is 2.72 bits per heavy atom. The number of hydrogen-bond acceptors (Lipinski definition) is 1. The molecule has 0 aliphatic heterocycles. The van der Waals surface area contributed by atoms with Gasteiger partial charge in [0, 0.05) is 11.6 Å². The van der Waals surface area contributed by atoms with Crippen molar-refractivity contribution in [2.45, 2.75) is 39.2 Å². The second kappa shape index (κ2) is 4.67. The zero-order valence-electron chi connectivity index (χ0n) is 10.7. The molecule has 0 atom stereocenters. The van der Waals surface area contributed by atoms with E-state index in [1.54, 1.807) is 6.07 Å². The molecule has 2 nitrogen and oxygen atoms in total. The third-order valence-corrected chi connectivity index (χ3v) is 3.77. The molecule has 0 radical (unpaired) electrons. The zero-order chi connectivity index (χ0) is 13.5. The Balaban J connectivity index is 2.75. The van der Waals surface area contributed by atoms with Gasteiger partial charge in [-0.3, -0.25) is 0 Å². The summed E-state index contributed by atoms with van der Waals surface area (Å²) in [5, 5.41) is 0.110. The number of benzene rings is 1. The molecule has 0 bridgehead atoms. The topological polar surface area (TPSA) is 20.7 Å². The number of nitrogens with one attached hydrogen (secondary N) is 1. The molecule has 1 aromatic heterocycles. The highest BCUT2D eigenvalue weighted by Gasteiger charge is 2.23. The van der Waals surface area contributed by atoms with E-state index in [-0.39, 0.29) is 10.6 Å². The van der Waals surface area contributed by atoms with Crippen LogP contribution in [0.25, 0.3) is 11.0 Å². The van der Waals surface area contributed by atoms with Crippen LogP contribution >= 0.6 is 23.8 Å². The van der Waals surface area contributed by atoms with E-state index in [9.17, 15) is 4.39 Å². The van der Waals surface area contributed by atoms with Crippen molar-refractivity contribution in [3.05, 3.63) is 27.7 Å². The maximum atomic E-state index is 13.6. The molecule has 0 aliphatic rings. The van der Waals surface area contributed by atoms with Crippen molar-refractivity contribution >= 4 is 34.9 Å². The van der Waals surface area contributed by atoms with Crippen LogP contribution in [0.5, 0.6) is 0 Å². The van der Waals surface area contributed by atoms with Crippen LogP contribution in [0.2, 0.25) is 5.02 Å². The SMILES string of the molecule is CCCC(C)(C)n1c(=S)[nH]c2cc(Cl)c(F)cc21. The van der Waals surface area contributed by atoms with Crippen molar-refractivity contribution in [1.82, 2.24) is 9.55 Å². The van der Waals surface area contributed by atoms with Gasteiger partial charge in [0.25, 0.3) is 0 Å². The maximum Gasteiger partial charge on any atom is 0.178 e. The molecule has 98 valence electrons. The second-order valence-electron chi connectivity index (χ2n) is 5.11. The molecule has 1 N–H and O–H groups in total. The Labute approximate surface area is 116 Å². The summed E-state index contributed by atoms with van der Waals surface area (Å²) in [6.07, 6.45) is 2.01. The molecule has 5 heteroatoms. The average Bonchev–Trinajstić information content (AvgIpc) is 2.55. The number of imidazole rings is 1. The van der Waals surface area contributed by atoms with E-state index < -0.39 is 5.82 Å². The molecule has 0 aliphatic carbocycles. The minimum absolute atomic E-state index is 0.110. The number of halogens is 2. The molecule has 2 rings (SSSR count). The van der Waals surface area contributed by atoms with E-state index in [0.29, 0.717) is 4.77 Å². The molecular formula is C13H16ClFN2S. The second-order valence-corrected chi connectivity index (χ2v) is 5.91. The van der Waals surface area contributed by atoms with Crippen molar-refractivity contribution in [1.29, 1.82) is 0 Å². The number of aromatic nitrogens is 2. The quantitative estimate of drug-likeness (QED) is 0.785. The molecule has 2 aromatic rings. The molecule has 0 saturated heterocycles. The van der Waals surface area contributed by atoms with Crippen LogP contribution in [0.4, 0.5) is 4.39 Å². The van der Waals surface area contributed by atoms with Crippen LogP contribution in [-0.2, 0) is 5.54 Å². The van der Waals surface area contributed by atoms with E-state index in [0.717, 1.165) is 23.9 Å². The molecule has 0 unspecified atom stereocenters. The van der Waals surface area contributed by atoms with Gasteiger partial charge in [-0.1, -0.05) is 24.9 Å². The van der Waals surface area contributed by atoms with Crippen LogP contribution in [0.1, 0.15) is 33.6 Å². The van der Waals surface area contributed by atoms with Crippen molar-refractivity contribution in [3.63, 3.8) is 0 Å². The van der Waals surface area contributed by atoms with Gasteiger partial charge in [0.1, 0.15) is 5.82 Å². The summed E-state index contributed by atoms with van der Waals surface area (Å²) >= 11 is 11.1. The summed E-state index contributed by atoms with van der Waals surface area (Å²) in [6.45, 7) is 6.33. The highest BCUT2D eigenvalue weighted by molar-refractivity contribution is 7.71.